The van der Waals surface area contributed by atoms with Crippen molar-refractivity contribution < 1.29 is 22.6 Å². The molecule has 1 heterocycles. The van der Waals surface area contributed by atoms with Crippen molar-refractivity contribution in [3.63, 3.8) is 0 Å². The van der Waals surface area contributed by atoms with Crippen LogP contribution >= 0.6 is 0 Å². The third-order valence-corrected chi connectivity index (χ3v) is 2.28. The van der Waals surface area contributed by atoms with E-state index in [0.717, 1.165) is 12.8 Å². The first-order valence-electron chi connectivity index (χ1n) is 5.78. The molecule has 1 aliphatic carbocycles. The lowest BCUT2D eigenvalue weighted by Gasteiger charge is -2.15. The van der Waals surface area contributed by atoms with Gasteiger partial charge in [0.25, 0.3) is 0 Å². The minimum absolute atomic E-state index is 0.0412. The molecule has 1 aromatic rings. The second kappa shape index (κ2) is 4.66. The Morgan fingerprint density at radius 2 is 1.94 bits per heavy atom. The van der Waals surface area contributed by atoms with Gasteiger partial charge >= 0.3 is 6.18 Å². The maximum atomic E-state index is 12.8. The van der Waals surface area contributed by atoms with E-state index >= 15 is 0 Å². The van der Waals surface area contributed by atoms with Gasteiger partial charge in [-0.25, -0.2) is 4.98 Å². The molecule has 0 aromatic carbocycles. The van der Waals surface area contributed by atoms with Crippen LogP contribution in [0.15, 0.2) is 12.1 Å². The quantitative estimate of drug-likeness (QED) is 0.832. The third kappa shape index (κ3) is 3.27. The average molecular weight is 261 g/mol. The van der Waals surface area contributed by atoms with Gasteiger partial charge in [0.05, 0.1) is 12.2 Å². The minimum Gasteiger partial charge on any atom is -0.488 e. The molecule has 18 heavy (non-hydrogen) atoms. The fraction of sp³-hybridized carbons (Fsp3) is 0.583. The summed E-state index contributed by atoms with van der Waals surface area (Å²) in [5.41, 5.74) is -1.02. The monoisotopic (exact) mass is 261 g/mol. The molecule has 1 aliphatic rings. The van der Waals surface area contributed by atoms with E-state index in [2.05, 4.69) is 4.98 Å². The SMILES string of the molecule is CC(C)Oc1ccc(OC2CC2)c(C(F)(F)F)n1. The zero-order valence-corrected chi connectivity index (χ0v) is 10.1. The Hall–Kier alpha value is -1.46. The highest BCUT2D eigenvalue weighted by Gasteiger charge is 2.38. The van der Waals surface area contributed by atoms with Gasteiger partial charge in [-0.3, -0.25) is 0 Å². The van der Waals surface area contributed by atoms with Crippen molar-refractivity contribution in [3.8, 4) is 11.6 Å². The number of halogens is 3. The highest BCUT2D eigenvalue weighted by molar-refractivity contribution is 5.34. The van der Waals surface area contributed by atoms with E-state index in [1.165, 1.54) is 12.1 Å². The lowest BCUT2D eigenvalue weighted by atomic mass is 10.3. The molecule has 0 amide bonds. The first-order valence-corrected chi connectivity index (χ1v) is 5.78. The minimum atomic E-state index is -4.54. The zero-order chi connectivity index (χ0) is 13.3. The van der Waals surface area contributed by atoms with Gasteiger partial charge in [0.15, 0.2) is 11.4 Å². The smallest absolute Gasteiger partial charge is 0.437 e. The Labute approximate surface area is 103 Å². The summed E-state index contributed by atoms with van der Waals surface area (Å²) in [5, 5.41) is 0. The summed E-state index contributed by atoms with van der Waals surface area (Å²) in [6, 6.07) is 2.67. The Morgan fingerprint density at radius 1 is 1.28 bits per heavy atom. The van der Waals surface area contributed by atoms with Crippen LogP contribution in [0.1, 0.15) is 32.4 Å². The molecule has 0 N–H and O–H groups in total. The Kier molecular flexibility index (Phi) is 3.36. The first kappa shape index (κ1) is 13.0. The summed E-state index contributed by atoms with van der Waals surface area (Å²) < 4.78 is 48.9. The van der Waals surface area contributed by atoms with Crippen molar-refractivity contribution in [3.05, 3.63) is 17.8 Å². The Morgan fingerprint density at radius 3 is 2.44 bits per heavy atom. The predicted molar refractivity (Wildman–Crippen MR) is 58.7 cm³/mol. The number of hydrogen-bond donors (Lipinski definition) is 0. The van der Waals surface area contributed by atoms with Crippen LogP contribution in [0.25, 0.3) is 0 Å². The fourth-order valence-corrected chi connectivity index (χ4v) is 1.40. The zero-order valence-electron chi connectivity index (χ0n) is 10.1. The summed E-state index contributed by atoms with van der Waals surface area (Å²) >= 11 is 0. The number of ether oxygens (including phenoxy) is 2. The summed E-state index contributed by atoms with van der Waals surface area (Å²) in [4.78, 5) is 3.49. The first-order chi connectivity index (χ1) is 8.36. The maximum absolute atomic E-state index is 12.8. The van der Waals surface area contributed by atoms with Crippen LogP contribution in [0.4, 0.5) is 13.2 Å². The van der Waals surface area contributed by atoms with Crippen LogP contribution < -0.4 is 9.47 Å². The number of rotatable bonds is 4. The molecule has 1 fully saturated rings. The molecule has 100 valence electrons. The van der Waals surface area contributed by atoms with E-state index in [1.54, 1.807) is 13.8 Å². The van der Waals surface area contributed by atoms with Crippen molar-refractivity contribution in [2.45, 2.75) is 45.1 Å². The van der Waals surface area contributed by atoms with E-state index in [4.69, 9.17) is 9.47 Å². The van der Waals surface area contributed by atoms with E-state index in [-0.39, 0.29) is 23.8 Å². The van der Waals surface area contributed by atoms with Crippen LogP contribution in [-0.4, -0.2) is 17.2 Å². The number of nitrogens with zero attached hydrogens (tertiary/aromatic N) is 1. The number of hydrogen-bond acceptors (Lipinski definition) is 3. The Balaban J connectivity index is 2.28. The molecule has 1 saturated carbocycles. The van der Waals surface area contributed by atoms with Gasteiger partial charge in [0.2, 0.25) is 5.88 Å². The van der Waals surface area contributed by atoms with E-state index in [0.29, 0.717) is 0 Å². The van der Waals surface area contributed by atoms with Crippen LogP contribution in [-0.2, 0) is 6.18 Å². The highest BCUT2D eigenvalue weighted by Crippen LogP contribution is 2.38. The molecular formula is C12H14F3NO2. The summed E-state index contributed by atoms with van der Waals surface area (Å²) in [6.07, 6.45) is -3.29. The van der Waals surface area contributed by atoms with Gasteiger partial charge in [-0.2, -0.15) is 13.2 Å². The number of aromatic nitrogens is 1. The van der Waals surface area contributed by atoms with Crippen molar-refractivity contribution in [2.75, 3.05) is 0 Å². The van der Waals surface area contributed by atoms with Crippen molar-refractivity contribution in [1.29, 1.82) is 0 Å². The molecule has 0 spiro atoms. The largest absolute Gasteiger partial charge is 0.488 e. The lowest BCUT2D eigenvalue weighted by molar-refractivity contribution is -0.143. The van der Waals surface area contributed by atoms with Gasteiger partial charge in [0, 0.05) is 6.07 Å². The Bertz CT molecular complexity index is 428. The van der Waals surface area contributed by atoms with Crippen molar-refractivity contribution in [1.82, 2.24) is 4.98 Å². The van der Waals surface area contributed by atoms with E-state index in [1.807, 2.05) is 0 Å². The molecule has 0 saturated heterocycles. The number of alkyl halides is 3. The van der Waals surface area contributed by atoms with E-state index < -0.39 is 11.9 Å². The van der Waals surface area contributed by atoms with Gasteiger partial charge < -0.3 is 9.47 Å². The van der Waals surface area contributed by atoms with Gasteiger partial charge in [-0.15, -0.1) is 0 Å². The molecule has 0 unspecified atom stereocenters. The van der Waals surface area contributed by atoms with Crippen molar-refractivity contribution >= 4 is 0 Å². The van der Waals surface area contributed by atoms with Crippen LogP contribution in [0, 0.1) is 0 Å². The summed E-state index contributed by atoms with van der Waals surface area (Å²) in [5.74, 6) is -0.262. The molecule has 0 radical (unpaired) electrons. The lowest BCUT2D eigenvalue weighted by Crippen LogP contribution is -2.14. The molecular weight excluding hydrogens is 247 g/mol. The second-order valence-corrected chi connectivity index (χ2v) is 4.48. The van der Waals surface area contributed by atoms with E-state index in [9.17, 15) is 13.2 Å². The third-order valence-electron chi connectivity index (χ3n) is 2.28. The van der Waals surface area contributed by atoms with Crippen LogP contribution in [0.2, 0.25) is 0 Å². The number of pyridine rings is 1. The maximum Gasteiger partial charge on any atom is 0.437 e. The normalized spacial score (nSPS) is 15.9. The van der Waals surface area contributed by atoms with Crippen molar-refractivity contribution in [2.24, 2.45) is 0 Å². The van der Waals surface area contributed by atoms with Gasteiger partial charge in [-0.1, -0.05) is 0 Å². The topological polar surface area (TPSA) is 31.4 Å². The standard InChI is InChI=1S/C12H14F3NO2/c1-7(2)17-10-6-5-9(18-8-3-4-8)11(16-10)12(13,14)15/h5-8H,3-4H2,1-2H3. The molecule has 1 aromatic heterocycles. The van der Waals surface area contributed by atoms with Crippen LogP contribution in [0.3, 0.4) is 0 Å². The van der Waals surface area contributed by atoms with Crippen LogP contribution in [0.5, 0.6) is 11.6 Å². The molecule has 3 nitrogen and oxygen atoms in total. The average Bonchev–Trinajstić information content (AvgIpc) is 3.02. The predicted octanol–water partition coefficient (Wildman–Crippen LogP) is 3.43. The van der Waals surface area contributed by atoms with Gasteiger partial charge in [0.1, 0.15) is 0 Å². The molecule has 2 rings (SSSR count). The molecule has 6 heteroatoms. The second-order valence-electron chi connectivity index (χ2n) is 4.48. The molecule has 0 bridgehead atoms. The molecule has 0 atom stereocenters. The summed E-state index contributed by atoms with van der Waals surface area (Å²) in [6.45, 7) is 3.45. The summed E-state index contributed by atoms with van der Waals surface area (Å²) in [7, 11) is 0. The highest BCUT2D eigenvalue weighted by atomic mass is 19.4. The van der Waals surface area contributed by atoms with Gasteiger partial charge in [-0.05, 0) is 32.8 Å². The fourth-order valence-electron chi connectivity index (χ4n) is 1.40. The molecule has 0 aliphatic heterocycles.